The second-order valence-corrected chi connectivity index (χ2v) is 10.2. The first-order valence-electron chi connectivity index (χ1n) is 12.0. The molecule has 1 aromatic rings. The summed E-state index contributed by atoms with van der Waals surface area (Å²) < 4.78 is 13.1. The molecule has 3 saturated carbocycles. The third kappa shape index (κ3) is 4.27. The Hall–Kier alpha value is -1.02. The molecule has 0 saturated heterocycles. The first kappa shape index (κ1) is 20.3. The van der Waals surface area contributed by atoms with Crippen LogP contribution in [0.3, 0.4) is 0 Å². The van der Waals surface area contributed by atoms with Crippen molar-refractivity contribution in [2.45, 2.75) is 97.4 Å². The number of rotatable bonds is 9. The van der Waals surface area contributed by atoms with Gasteiger partial charge in [-0.3, -0.25) is 0 Å². The standard InChI is InChI=1S/C26H40O2/c1-5-18(4)19-10-12-21(13-11-19)27-26(14-9-17(2)3)28-25-16-20-15-24(25)23-8-6-7-22(20)23/h10-13,17-18,20,22-26H,5-9,14-16H2,1-4H3. The summed E-state index contributed by atoms with van der Waals surface area (Å²) in [7, 11) is 0. The van der Waals surface area contributed by atoms with E-state index in [9.17, 15) is 0 Å². The third-order valence-corrected chi connectivity index (χ3v) is 8.00. The van der Waals surface area contributed by atoms with Crippen LogP contribution in [-0.2, 0) is 4.74 Å². The predicted octanol–water partition coefficient (Wildman–Crippen LogP) is 7.18. The molecule has 3 aliphatic rings. The van der Waals surface area contributed by atoms with E-state index in [4.69, 9.17) is 9.47 Å². The minimum absolute atomic E-state index is 0.0962. The van der Waals surface area contributed by atoms with Gasteiger partial charge >= 0.3 is 0 Å². The second kappa shape index (κ2) is 8.78. The van der Waals surface area contributed by atoms with Gasteiger partial charge in [0.05, 0.1) is 6.10 Å². The minimum Gasteiger partial charge on any atom is -0.465 e. The van der Waals surface area contributed by atoms with Crippen LogP contribution in [0.4, 0.5) is 0 Å². The lowest BCUT2D eigenvalue weighted by atomic mass is 9.80. The van der Waals surface area contributed by atoms with Crippen molar-refractivity contribution in [3.63, 3.8) is 0 Å². The molecule has 7 atom stereocenters. The van der Waals surface area contributed by atoms with E-state index in [1.165, 1.54) is 44.1 Å². The lowest BCUT2D eigenvalue weighted by molar-refractivity contribution is -0.146. The quantitative estimate of drug-likeness (QED) is 0.420. The Kier molecular flexibility index (Phi) is 6.35. The number of hydrogen-bond acceptors (Lipinski definition) is 2. The van der Waals surface area contributed by atoms with Crippen LogP contribution in [0.25, 0.3) is 0 Å². The Balaban J connectivity index is 1.39. The Morgan fingerprint density at radius 1 is 0.929 bits per heavy atom. The average molecular weight is 385 g/mol. The van der Waals surface area contributed by atoms with Crippen LogP contribution in [0.5, 0.6) is 5.75 Å². The molecule has 4 rings (SSSR count). The molecule has 156 valence electrons. The summed E-state index contributed by atoms with van der Waals surface area (Å²) in [6, 6.07) is 8.73. The lowest BCUT2D eigenvalue weighted by Crippen LogP contribution is -2.35. The molecule has 0 spiro atoms. The molecule has 0 N–H and O–H groups in total. The van der Waals surface area contributed by atoms with Crippen LogP contribution in [-0.4, -0.2) is 12.4 Å². The van der Waals surface area contributed by atoms with Crippen molar-refractivity contribution in [2.75, 3.05) is 0 Å². The fourth-order valence-electron chi connectivity index (χ4n) is 6.24. The number of ether oxygens (including phenoxy) is 2. The van der Waals surface area contributed by atoms with E-state index in [1.807, 2.05) is 0 Å². The van der Waals surface area contributed by atoms with Gasteiger partial charge in [-0.25, -0.2) is 0 Å². The maximum atomic E-state index is 6.68. The summed E-state index contributed by atoms with van der Waals surface area (Å²) in [6.07, 6.45) is 10.7. The highest BCUT2D eigenvalue weighted by Gasteiger charge is 2.54. The molecule has 1 aromatic carbocycles. The van der Waals surface area contributed by atoms with Crippen molar-refractivity contribution in [3.05, 3.63) is 29.8 Å². The molecule has 2 nitrogen and oxygen atoms in total. The molecule has 0 aliphatic heterocycles. The number of benzene rings is 1. The Bertz CT molecular complexity index is 622. The van der Waals surface area contributed by atoms with E-state index in [1.54, 1.807) is 0 Å². The number of fused-ring (bicyclic) bond motifs is 5. The summed E-state index contributed by atoms with van der Waals surface area (Å²) in [4.78, 5) is 0. The minimum atomic E-state index is -0.0962. The van der Waals surface area contributed by atoms with E-state index in [0.29, 0.717) is 17.9 Å². The average Bonchev–Trinajstić information content (AvgIpc) is 3.39. The largest absolute Gasteiger partial charge is 0.465 e. The van der Waals surface area contributed by atoms with Gasteiger partial charge in [0.25, 0.3) is 0 Å². The van der Waals surface area contributed by atoms with Gasteiger partial charge < -0.3 is 9.47 Å². The Morgan fingerprint density at radius 3 is 2.39 bits per heavy atom. The molecule has 2 bridgehead atoms. The summed E-state index contributed by atoms with van der Waals surface area (Å²) in [6.45, 7) is 9.11. The molecule has 0 radical (unpaired) electrons. The molecule has 0 amide bonds. The monoisotopic (exact) mass is 384 g/mol. The van der Waals surface area contributed by atoms with Gasteiger partial charge in [0.1, 0.15) is 5.75 Å². The van der Waals surface area contributed by atoms with E-state index in [-0.39, 0.29) is 6.29 Å². The zero-order valence-electron chi connectivity index (χ0n) is 18.4. The zero-order valence-corrected chi connectivity index (χ0v) is 18.4. The van der Waals surface area contributed by atoms with Crippen LogP contribution in [0.1, 0.15) is 90.5 Å². The molecular weight excluding hydrogens is 344 g/mol. The van der Waals surface area contributed by atoms with Crippen molar-refractivity contribution >= 4 is 0 Å². The third-order valence-electron chi connectivity index (χ3n) is 8.00. The summed E-state index contributed by atoms with van der Waals surface area (Å²) in [5.41, 5.74) is 1.40. The van der Waals surface area contributed by atoms with Gasteiger partial charge in [0, 0.05) is 6.42 Å². The highest BCUT2D eigenvalue weighted by atomic mass is 16.7. The van der Waals surface area contributed by atoms with Crippen LogP contribution in [0.15, 0.2) is 24.3 Å². The molecule has 3 fully saturated rings. The van der Waals surface area contributed by atoms with Gasteiger partial charge in [-0.1, -0.05) is 46.2 Å². The summed E-state index contributed by atoms with van der Waals surface area (Å²) in [5.74, 6) is 5.95. The highest BCUT2D eigenvalue weighted by molar-refractivity contribution is 5.29. The molecule has 3 aliphatic carbocycles. The fraction of sp³-hybridized carbons (Fsp3) is 0.769. The van der Waals surface area contributed by atoms with Gasteiger partial charge in [-0.2, -0.15) is 0 Å². The van der Waals surface area contributed by atoms with Gasteiger partial charge in [-0.05, 0) is 91.7 Å². The number of hydrogen-bond donors (Lipinski definition) is 0. The first-order valence-corrected chi connectivity index (χ1v) is 12.0. The second-order valence-electron chi connectivity index (χ2n) is 10.2. The van der Waals surface area contributed by atoms with Crippen molar-refractivity contribution < 1.29 is 9.47 Å². The highest BCUT2D eigenvalue weighted by Crippen LogP contribution is 2.59. The Labute approximate surface area is 172 Å². The van der Waals surface area contributed by atoms with Crippen molar-refractivity contribution in [3.8, 4) is 5.75 Å². The van der Waals surface area contributed by atoms with Crippen LogP contribution in [0.2, 0.25) is 0 Å². The molecule has 0 heterocycles. The van der Waals surface area contributed by atoms with Crippen LogP contribution < -0.4 is 4.74 Å². The van der Waals surface area contributed by atoms with Crippen LogP contribution >= 0.6 is 0 Å². The van der Waals surface area contributed by atoms with Crippen molar-refractivity contribution in [2.24, 2.45) is 29.6 Å². The van der Waals surface area contributed by atoms with E-state index in [0.717, 1.165) is 42.3 Å². The molecule has 0 aromatic heterocycles. The molecule has 28 heavy (non-hydrogen) atoms. The maximum Gasteiger partial charge on any atom is 0.200 e. The topological polar surface area (TPSA) is 18.5 Å². The van der Waals surface area contributed by atoms with Crippen molar-refractivity contribution in [1.82, 2.24) is 0 Å². The molecular formula is C26H40O2. The van der Waals surface area contributed by atoms with E-state index >= 15 is 0 Å². The van der Waals surface area contributed by atoms with Gasteiger partial charge in [0.2, 0.25) is 0 Å². The SMILES string of the molecule is CCC(C)c1ccc(OC(CCC(C)C)OC2CC3CC2C2CCCC32)cc1. The normalized spacial score (nSPS) is 33.2. The van der Waals surface area contributed by atoms with Gasteiger partial charge in [-0.15, -0.1) is 0 Å². The Morgan fingerprint density at radius 2 is 1.68 bits per heavy atom. The first-order chi connectivity index (χ1) is 13.5. The molecule has 2 heteroatoms. The smallest absolute Gasteiger partial charge is 0.200 e. The summed E-state index contributed by atoms with van der Waals surface area (Å²) >= 11 is 0. The van der Waals surface area contributed by atoms with Crippen LogP contribution in [0, 0.1) is 29.6 Å². The fourth-order valence-corrected chi connectivity index (χ4v) is 6.24. The van der Waals surface area contributed by atoms with E-state index in [2.05, 4.69) is 52.0 Å². The zero-order chi connectivity index (χ0) is 19.7. The van der Waals surface area contributed by atoms with E-state index < -0.39 is 0 Å². The van der Waals surface area contributed by atoms with Crippen molar-refractivity contribution in [1.29, 1.82) is 0 Å². The summed E-state index contributed by atoms with van der Waals surface area (Å²) in [5, 5.41) is 0. The molecule has 7 unspecified atom stereocenters. The maximum absolute atomic E-state index is 6.68. The van der Waals surface area contributed by atoms with Gasteiger partial charge in [0.15, 0.2) is 6.29 Å². The lowest BCUT2D eigenvalue weighted by Gasteiger charge is -2.34. The predicted molar refractivity (Wildman–Crippen MR) is 116 cm³/mol.